The zero-order chi connectivity index (χ0) is 26.8. The van der Waals surface area contributed by atoms with Gasteiger partial charge in [-0.15, -0.1) is 0 Å². The summed E-state index contributed by atoms with van der Waals surface area (Å²) in [5.41, 5.74) is 1.84. The lowest BCUT2D eigenvalue weighted by atomic mass is 10.0. The molecule has 0 bridgehead atoms. The van der Waals surface area contributed by atoms with Crippen molar-refractivity contribution in [2.75, 3.05) is 7.11 Å². The standard InChI is InChI=1S/C28H29F2N3O4/c1-18(32-26(34)15-21-12-22(29)16-23(30)13-21)27(35)33-25(14-19-6-4-3-5-7-19)28(36)31-17-20-8-10-24(37-2)11-9-20/h3-13,16,18,25H,14-15,17H2,1-2H3,(H,31,36)(H,32,34)(H,33,35)/t18-,25-/m0/s1. The Morgan fingerprint density at radius 3 is 2.08 bits per heavy atom. The second-order valence-corrected chi connectivity index (χ2v) is 8.56. The quantitative estimate of drug-likeness (QED) is 0.370. The lowest BCUT2D eigenvalue weighted by molar-refractivity contribution is -0.131. The molecule has 0 aromatic heterocycles. The lowest BCUT2D eigenvalue weighted by Crippen LogP contribution is -2.53. The van der Waals surface area contributed by atoms with Crippen LogP contribution in [0.15, 0.2) is 72.8 Å². The Hall–Kier alpha value is -4.27. The maximum Gasteiger partial charge on any atom is 0.243 e. The molecule has 2 atom stereocenters. The van der Waals surface area contributed by atoms with Gasteiger partial charge in [0.2, 0.25) is 17.7 Å². The molecule has 3 aromatic rings. The molecule has 3 amide bonds. The van der Waals surface area contributed by atoms with Crippen LogP contribution in [0.5, 0.6) is 5.75 Å². The third-order valence-electron chi connectivity index (χ3n) is 5.60. The van der Waals surface area contributed by atoms with Crippen LogP contribution >= 0.6 is 0 Å². The van der Waals surface area contributed by atoms with Crippen molar-refractivity contribution in [1.29, 1.82) is 0 Å². The van der Waals surface area contributed by atoms with Crippen molar-refractivity contribution in [3.05, 3.63) is 101 Å². The molecule has 0 saturated carbocycles. The van der Waals surface area contributed by atoms with E-state index >= 15 is 0 Å². The second-order valence-electron chi connectivity index (χ2n) is 8.56. The van der Waals surface area contributed by atoms with Gasteiger partial charge in [-0.25, -0.2) is 8.78 Å². The Morgan fingerprint density at radius 1 is 0.811 bits per heavy atom. The molecule has 0 heterocycles. The molecular formula is C28H29F2N3O4. The largest absolute Gasteiger partial charge is 0.497 e. The van der Waals surface area contributed by atoms with E-state index in [1.165, 1.54) is 6.92 Å². The van der Waals surface area contributed by atoms with Crippen molar-refractivity contribution < 1.29 is 27.9 Å². The van der Waals surface area contributed by atoms with Gasteiger partial charge in [0.05, 0.1) is 13.5 Å². The number of nitrogens with one attached hydrogen (secondary N) is 3. The van der Waals surface area contributed by atoms with Crippen LogP contribution in [0.25, 0.3) is 0 Å². The molecule has 0 aliphatic carbocycles. The molecule has 0 radical (unpaired) electrons. The number of amides is 3. The monoisotopic (exact) mass is 509 g/mol. The molecule has 37 heavy (non-hydrogen) atoms. The third-order valence-corrected chi connectivity index (χ3v) is 5.60. The van der Waals surface area contributed by atoms with Gasteiger partial charge in [-0.1, -0.05) is 42.5 Å². The minimum Gasteiger partial charge on any atom is -0.497 e. The molecule has 0 spiro atoms. The highest BCUT2D eigenvalue weighted by Crippen LogP contribution is 2.12. The van der Waals surface area contributed by atoms with Crippen molar-refractivity contribution in [2.24, 2.45) is 0 Å². The SMILES string of the molecule is COc1ccc(CNC(=O)[C@H](Cc2ccccc2)NC(=O)[C@H](C)NC(=O)Cc2cc(F)cc(F)c2)cc1. The Bertz CT molecular complexity index is 1200. The summed E-state index contributed by atoms with van der Waals surface area (Å²) in [5.74, 6) is -2.43. The highest BCUT2D eigenvalue weighted by molar-refractivity contribution is 5.92. The van der Waals surface area contributed by atoms with E-state index in [0.29, 0.717) is 11.8 Å². The molecule has 0 saturated heterocycles. The number of benzene rings is 3. The van der Waals surface area contributed by atoms with Gasteiger partial charge in [0.25, 0.3) is 0 Å². The summed E-state index contributed by atoms with van der Waals surface area (Å²) in [6.45, 7) is 1.72. The van der Waals surface area contributed by atoms with Crippen molar-refractivity contribution in [3.8, 4) is 5.75 Å². The number of methoxy groups -OCH3 is 1. The van der Waals surface area contributed by atoms with Gasteiger partial charge >= 0.3 is 0 Å². The summed E-state index contributed by atoms with van der Waals surface area (Å²) in [6, 6.07) is 17.4. The molecular weight excluding hydrogens is 480 g/mol. The predicted molar refractivity (Wildman–Crippen MR) is 135 cm³/mol. The van der Waals surface area contributed by atoms with Crippen LogP contribution in [-0.2, 0) is 33.8 Å². The summed E-state index contributed by atoms with van der Waals surface area (Å²) >= 11 is 0. The van der Waals surface area contributed by atoms with Gasteiger partial charge in [-0.05, 0) is 47.9 Å². The third kappa shape index (κ3) is 8.71. The molecule has 3 rings (SSSR count). The maximum absolute atomic E-state index is 13.4. The number of halogens is 2. The zero-order valence-corrected chi connectivity index (χ0v) is 20.6. The first-order valence-corrected chi connectivity index (χ1v) is 11.7. The first-order valence-electron chi connectivity index (χ1n) is 11.7. The second kappa shape index (κ2) is 13.2. The van der Waals surface area contributed by atoms with Crippen LogP contribution in [0.1, 0.15) is 23.6 Å². The van der Waals surface area contributed by atoms with E-state index in [4.69, 9.17) is 4.74 Å². The fraction of sp³-hybridized carbons (Fsp3) is 0.250. The Labute approximate surface area is 214 Å². The minimum absolute atomic E-state index is 0.141. The Kier molecular flexibility index (Phi) is 9.71. The smallest absolute Gasteiger partial charge is 0.243 e. The average molecular weight is 510 g/mol. The van der Waals surface area contributed by atoms with Crippen LogP contribution in [-0.4, -0.2) is 36.9 Å². The summed E-state index contributed by atoms with van der Waals surface area (Å²) in [4.78, 5) is 38.2. The van der Waals surface area contributed by atoms with E-state index in [-0.39, 0.29) is 30.9 Å². The van der Waals surface area contributed by atoms with E-state index in [9.17, 15) is 23.2 Å². The summed E-state index contributed by atoms with van der Waals surface area (Å²) in [7, 11) is 1.57. The molecule has 194 valence electrons. The van der Waals surface area contributed by atoms with Crippen molar-refractivity contribution in [2.45, 2.75) is 38.4 Å². The van der Waals surface area contributed by atoms with Gasteiger partial charge < -0.3 is 20.7 Å². The van der Waals surface area contributed by atoms with Gasteiger partial charge in [0.15, 0.2) is 0 Å². The lowest BCUT2D eigenvalue weighted by Gasteiger charge is -2.21. The van der Waals surface area contributed by atoms with E-state index in [0.717, 1.165) is 23.3 Å². The molecule has 0 fully saturated rings. The minimum atomic E-state index is -0.987. The highest BCUT2D eigenvalue weighted by Gasteiger charge is 2.25. The van der Waals surface area contributed by atoms with E-state index < -0.39 is 35.5 Å². The fourth-order valence-electron chi connectivity index (χ4n) is 3.67. The number of carbonyl (C=O) groups excluding carboxylic acids is 3. The van der Waals surface area contributed by atoms with Crippen LogP contribution < -0.4 is 20.7 Å². The fourth-order valence-corrected chi connectivity index (χ4v) is 3.67. The molecule has 3 aromatic carbocycles. The number of ether oxygens (including phenoxy) is 1. The van der Waals surface area contributed by atoms with Gasteiger partial charge in [0, 0.05) is 19.0 Å². The van der Waals surface area contributed by atoms with Gasteiger partial charge in [-0.2, -0.15) is 0 Å². The first kappa shape index (κ1) is 27.3. The Balaban J connectivity index is 1.62. The highest BCUT2D eigenvalue weighted by atomic mass is 19.1. The predicted octanol–water partition coefficient (Wildman–Crippen LogP) is 3.06. The molecule has 3 N–H and O–H groups in total. The number of hydrogen-bond acceptors (Lipinski definition) is 4. The van der Waals surface area contributed by atoms with Crippen LogP contribution in [0.4, 0.5) is 8.78 Å². The molecule has 0 unspecified atom stereocenters. The zero-order valence-electron chi connectivity index (χ0n) is 20.6. The van der Waals surface area contributed by atoms with Gasteiger partial charge in [-0.3, -0.25) is 14.4 Å². The van der Waals surface area contributed by atoms with Crippen LogP contribution in [0.3, 0.4) is 0 Å². The molecule has 7 nitrogen and oxygen atoms in total. The van der Waals surface area contributed by atoms with E-state index in [1.54, 1.807) is 19.2 Å². The van der Waals surface area contributed by atoms with Crippen molar-refractivity contribution >= 4 is 17.7 Å². The topological polar surface area (TPSA) is 96.5 Å². The van der Waals surface area contributed by atoms with Crippen molar-refractivity contribution in [1.82, 2.24) is 16.0 Å². The molecule has 0 aliphatic rings. The van der Waals surface area contributed by atoms with E-state index in [1.807, 2.05) is 42.5 Å². The van der Waals surface area contributed by atoms with Gasteiger partial charge in [0.1, 0.15) is 29.5 Å². The summed E-state index contributed by atoms with van der Waals surface area (Å²) < 4.78 is 31.9. The maximum atomic E-state index is 13.4. The summed E-state index contributed by atoms with van der Waals surface area (Å²) in [5, 5.41) is 8.04. The summed E-state index contributed by atoms with van der Waals surface area (Å²) in [6.07, 6.45) is -0.0631. The molecule has 9 heteroatoms. The Morgan fingerprint density at radius 2 is 1.46 bits per heavy atom. The van der Waals surface area contributed by atoms with Crippen molar-refractivity contribution in [3.63, 3.8) is 0 Å². The van der Waals surface area contributed by atoms with E-state index in [2.05, 4.69) is 16.0 Å². The number of carbonyl (C=O) groups is 3. The van der Waals surface area contributed by atoms with Crippen LogP contribution in [0.2, 0.25) is 0 Å². The first-order chi connectivity index (χ1) is 17.7. The number of rotatable bonds is 11. The van der Waals surface area contributed by atoms with Crippen LogP contribution in [0, 0.1) is 11.6 Å². The normalized spacial score (nSPS) is 12.2. The molecule has 0 aliphatic heterocycles. The number of hydrogen-bond donors (Lipinski definition) is 3. The average Bonchev–Trinajstić information content (AvgIpc) is 2.87.